The van der Waals surface area contributed by atoms with Crippen LogP contribution in [-0.2, 0) is 0 Å². The minimum absolute atomic E-state index is 0.500. The summed E-state index contributed by atoms with van der Waals surface area (Å²) in [6, 6.07) is 24.6. The molecule has 11 rings (SSSR count). The lowest BCUT2D eigenvalue weighted by Crippen LogP contribution is -1.93. The first-order valence-corrected chi connectivity index (χ1v) is 40.9. The Hall–Kier alpha value is -8.09. The minimum atomic E-state index is 0.500. The van der Waals surface area contributed by atoms with Gasteiger partial charge in [-0.15, -0.1) is 11.3 Å². The third-order valence-corrected chi connectivity index (χ3v) is 6.01. The number of nitrogens with zero attached hydrogens (tertiary/aromatic N) is 11. The molecule has 654 valence electrons. The molecule has 0 spiro atoms. The van der Waals surface area contributed by atoms with Crippen molar-refractivity contribution in [2.24, 2.45) is 59.6 Å². The van der Waals surface area contributed by atoms with E-state index >= 15 is 0 Å². The highest BCUT2D eigenvalue weighted by molar-refractivity contribution is 7.07. The van der Waals surface area contributed by atoms with Crippen LogP contribution in [0, 0.1) is 59.6 Å². The Morgan fingerprint density at radius 1 is 0.219 bits per heavy atom. The Bertz CT molecular complexity index is 2250. The molecule has 0 atom stereocenters. The van der Waals surface area contributed by atoms with Gasteiger partial charge in [0.25, 0.3) is 0 Å². The summed E-state index contributed by atoms with van der Waals surface area (Å²) in [7, 11) is 0. The van der Waals surface area contributed by atoms with Gasteiger partial charge >= 0.3 is 0 Å². The predicted molar refractivity (Wildman–Crippen MR) is 506 cm³/mol. The number of oxazole rings is 1. The van der Waals surface area contributed by atoms with E-state index in [1.807, 2.05) is 101 Å². The molecule has 0 aliphatic carbocycles. The topological polar surface area (TPSA) is 215 Å². The van der Waals surface area contributed by atoms with Crippen LogP contribution in [-0.4, -0.2) is 70.2 Å². The number of thiazole rings is 1. The molecule has 114 heavy (non-hydrogen) atoms. The predicted octanol–water partition coefficient (Wildman–Crippen LogP) is 31.8. The van der Waals surface area contributed by atoms with Crippen LogP contribution in [0.4, 0.5) is 0 Å². The molecule has 0 saturated heterocycles. The second-order valence-electron chi connectivity index (χ2n) is 42.1. The van der Waals surface area contributed by atoms with E-state index in [9.17, 15) is 0 Å². The summed E-state index contributed by atoms with van der Waals surface area (Å²) in [4.78, 5) is 35.2. The number of rotatable bonds is 0. The second-order valence-corrected chi connectivity index (χ2v) is 43.7. The van der Waals surface area contributed by atoms with Crippen molar-refractivity contribution in [2.75, 3.05) is 0 Å². The third kappa shape index (κ3) is 425. The maximum Gasteiger partial charge on any atom is 0.180 e. The maximum atomic E-state index is 4.58. The van der Waals surface area contributed by atoms with Gasteiger partial charge in [-0.1, -0.05) is 323 Å². The third-order valence-electron chi connectivity index (χ3n) is 4.86. The smallest absolute Gasteiger partial charge is 0.180 e. The van der Waals surface area contributed by atoms with Crippen molar-refractivity contribution in [1.29, 1.82) is 0 Å². The van der Waals surface area contributed by atoms with E-state index < -0.39 is 0 Å². The van der Waals surface area contributed by atoms with E-state index in [1.54, 1.807) is 152 Å². The van der Waals surface area contributed by atoms with Crippen molar-refractivity contribution >= 4 is 22.7 Å². The first kappa shape index (κ1) is 129. The zero-order valence-corrected chi connectivity index (χ0v) is 82.9. The van der Waals surface area contributed by atoms with Crippen LogP contribution in [0.25, 0.3) is 0 Å². The summed E-state index contributed by atoms with van der Waals surface area (Å²) in [5.74, 6) is 0. The monoisotopic (exact) mass is 1620 g/mol. The average molecular weight is 1620 g/mol. The molecule has 0 fully saturated rings. The van der Waals surface area contributed by atoms with Crippen molar-refractivity contribution in [2.45, 2.75) is 305 Å². The van der Waals surface area contributed by atoms with Gasteiger partial charge in [-0.3, -0.25) is 25.0 Å². The van der Waals surface area contributed by atoms with Crippen LogP contribution in [0.15, 0.2) is 259 Å². The summed E-state index contributed by atoms with van der Waals surface area (Å²) in [6.07, 6.45) is 40.0. The first-order valence-electron chi connectivity index (χ1n) is 39.0. The Labute approximate surface area is 711 Å². The van der Waals surface area contributed by atoms with Gasteiger partial charge in [0, 0.05) is 111 Å². The number of hydrogen-bond donors (Lipinski definition) is 3. The molecule has 3 N–H and O–H groups in total. The molecule has 0 aromatic carbocycles. The number of pyridine rings is 1. The summed E-state index contributed by atoms with van der Waals surface area (Å²) < 4.78 is 9.06. The van der Waals surface area contributed by atoms with Crippen LogP contribution in [0.2, 0.25) is 0 Å². The van der Waals surface area contributed by atoms with E-state index in [2.05, 4.69) is 384 Å². The highest BCUT2D eigenvalue weighted by atomic mass is 32.1. The Kier molecular flexibility index (Phi) is 94.1. The van der Waals surface area contributed by atoms with E-state index in [0.717, 1.165) is 0 Å². The molecule has 11 aromatic rings. The quantitative estimate of drug-likeness (QED) is 0.129. The van der Waals surface area contributed by atoms with Gasteiger partial charge in [0.2, 0.25) is 0 Å². The fourth-order valence-electron chi connectivity index (χ4n) is 2.59. The van der Waals surface area contributed by atoms with Crippen molar-refractivity contribution < 1.29 is 8.83 Å². The molecule has 0 aliphatic heterocycles. The van der Waals surface area contributed by atoms with E-state index in [-0.39, 0.29) is 0 Å². The largest absolute Gasteiger partial charge is 0.473 e. The van der Waals surface area contributed by atoms with Gasteiger partial charge < -0.3 is 18.8 Å². The van der Waals surface area contributed by atoms with Gasteiger partial charge in [-0.05, 0) is 131 Å². The SMILES string of the molecule is CC(C)(C)C.CC(C)(C)C.CC(C)(C)C.CC(C)(C)C.CC(C)(C)C.CC(C)(C)C.CC(C)(C)C.CC(C)(C)C.CC(C)(C)C.CC(C)(C)C.CC(C)(C)C.c1c[nH]cn1.c1cc[nH]c1.c1ccncc1.c1ccnnc1.c1ccoc1.c1ccsc1.c1cn[nH]c1.c1cnccn1.c1cncnc1.c1cocn1.c1cscn1. The zero-order valence-electron chi connectivity index (χ0n) is 81.2. The number of hydrogen-bond acceptors (Lipinski definition) is 15. The van der Waals surface area contributed by atoms with Crippen LogP contribution in [0.1, 0.15) is 305 Å². The Morgan fingerprint density at radius 2 is 0.561 bits per heavy atom. The molecule has 0 bridgehead atoms. The van der Waals surface area contributed by atoms with Gasteiger partial charge in [-0.2, -0.15) is 26.6 Å². The highest BCUT2D eigenvalue weighted by Gasteiger charge is 2.00. The van der Waals surface area contributed by atoms with Crippen LogP contribution < -0.4 is 0 Å². The summed E-state index contributed by atoms with van der Waals surface area (Å²) >= 11 is 3.31. The lowest BCUT2D eigenvalue weighted by Gasteiger charge is -2.05. The average Bonchev–Trinajstić information content (AvgIpc) is 2.72. The lowest BCUT2D eigenvalue weighted by atomic mass is 10.0. The molecular weight excluding hydrogens is 1450 g/mol. The molecule has 11 heterocycles. The molecule has 16 nitrogen and oxygen atoms in total. The van der Waals surface area contributed by atoms with Crippen molar-refractivity contribution in [3.63, 3.8) is 0 Å². The first-order chi connectivity index (χ1) is 51.5. The lowest BCUT2D eigenvalue weighted by molar-refractivity contribution is 0.469. The molecule has 0 amide bonds. The number of thiophene rings is 1. The second kappa shape index (κ2) is 82.9. The van der Waals surface area contributed by atoms with E-state index in [1.165, 1.54) is 19.0 Å². The number of aromatic amines is 3. The fraction of sp³-hybridized carbons (Fsp3) is 0.573. The number of nitrogens with one attached hydrogen (secondary N) is 3. The van der Waals surface area contributed by atoms with Gasteiger partial charge in [0.1, 0.15) is 12.6 Å². The Morgan fingerprint density at radius 3 is 0.658 bits per heavy atom. The zero-order chi connectivity index (χ0) is 91.2. The minimum Gasteiger partial charge on any atom is -0.473 e. The fourth-order valence-corrected chi connectivity index (χ4v) is 3.39. The van der Waals surface area contributed by atoms with Crippen LogP contribution in [0.3, 0.4) is 0 Å². The van der Waals surface area contributed by atoms with Crippen molar-refractivity contribution in [1.82, 2.24) is 70.2 Å². The van der Waals surface area contributed by atoms with Gasteiger partial charge in [0.15, 0.2) is 6.39 Å². The van der Waals surface area contributed by atoms with Crippen LogP contribution >= 0.6 is 22.7 Å². The molecule has 11 aromatic heterocycles. The molecule has 0 aliphatic rings. The standard InChI is InChI=1S/C5H5N.11C5H12.3C4H4N2.C4H5N.C4H4O.C4H4S.2C3H4N2.C3H3NO.C3H3NS/c1-2-4-6-5-3-1;11*1-5(2,3)4;1-2-6-4-3-5-1;1-2-5-4-6-3-1;1-2-4-6-5-3-1;3*1-2-4-5-3-1;1-2-5-3-4-1;1-2-4-5-3-1;2*1-2-5-3-4-1/h1-5H;11*1-4H3;3*1-4H;1-5H;2*1-4H;2*1-3H,(H,4,5);2*1-3H. The van der Waals surface area contributed by atoms with Gasteiger partial charge in [0.05, 0.1) is 30.6 Å². The summed E-state index contributed by atoms with van der Waals surface area (Å²) in [6.45, 7) is 96.2. The number of imidazole rings is 1. The Balaban J connectivity index is -0.000000108. The maximum absolute atomic E-state index is 4.58. The van der Waals surface area contributed by atoms with E-state index in [4.69, 9.17) is 0 Å². The van der Waals surface area contributed by atoms with Crippen molar-refractivity contribution in [3.8, 4) is 0 Å². The molecule has 18 heteroatoms. The summed E-state index contributed by atoms with van der Waals surface area (Å²) in [5, 5.41) is 19.3. The molecular formula is C96H176N14O2S2. The van der Waals surface area contributed by atoms with Gasteiger partial charge in [-0.25, -0.2) is 19.9 Å². The number of H-pyrrole nitrogens is 3. The molecule has 0 unspecified atom stereocenters. The number of furan rings is 1. The normalized spacial score (nSPS) is 9.93. The molecule has 0 radical (unpaired) electrons. The van der Waals surface area contributed by atoms with Crippen LogP contribution in [0.5, 0.6) is 0 Å². The number of aromatic nitrogens is 14. The van der Waals surface area contributed by atoms with E-state index in [0.29, 0.717) is 59.6 Å². The molecule has 0 saturated carbocycles. The summed E-state index contributed by atoms with van der Waals surface area (Å²) in [5.41, 5.74) is 7.29. The highest BCUT2D eigenvalue weighted by Crippen LogP contribution is 2.13. The van der Waals surface area contributed by atoms with Crippen molar-refractivity contribution in [3.05, 3.63) is 250 Å².